The van der Waals surface area contributed by atoms with E-state index < -0.39 is 18.3 Å². The first-order valence-electron chi connectivity index (χ1n) is 8.07. The van der Waals surface area contributed by atoms with Crippen LogP contribution in [0, 0.1) is 6.92 Å². The van der Waals surface area contributed by atoms with E-state index in [1.54, 1.807) is 39.8 Å². The van der Waals surface area contributed by atoms with Gasteiger partial charge in [-0.1, -0.05) is 47.5 Å². The summed E-state index contributed by atoms with van der Waals surface area (Å²) < 4.78 is 5.78. The zero-order chi connectivity index (χ0) is 19.0. The molecule has 0 radical (unpaired) electrons. The van der Waals surface area contributed by atoms with Gasteiger partial charge in [0, 0.05) is 0 Å². The molecule has 0 saturated carbocycles. The smallest absolute Gasteiger partial charge is 0.423 e. The van der Waals surface area contributed by atoms with Gasteiger partial charge >= 0.3 is 7.12 Å². The average Bonchev–Trinajstić information content (AvgIpc) is 2.50. The second-order valence-electron chi connectivity index (χ2n) is 7.22. The quantitative estimate of drug-likeness (QED) is 0.763. The first kappa shape index (κ1) is 20.3. The Morgan fingerprint density at radius 2 is 1.64 bits per heavy atom. The average molecular weight is 381 g/mol. The third-order valence-electron chi connectivity index (χ3n) is 4.63. The molecule has 0 aromatic heterocycles. The molecule has 2 aromatic carbocycles. The van der Waals surface area contributed by atoms with Gasteiger partial charge in [0.05, 0.1) is 21.2 Å². The minimum atomic E-state index is -1.20. The molecule has 0 unspecified atom stereocenters. The zero-order valence-electron chi connectivity index (χ0n) is 15.1. The van der Waals surface area contributed by atoms with Crippen molar-refractivity contribution in [1.82, 2.24) is 0 Å². The summed E-state index contributed by atoms with van der Waals surface area (Å²) in [6.45, 7) is 8.65. The predicted octanol–water partition coefficient (Wildman–Crippen LogP) is 4.22. The minimum Gasteiger partial charge on any atom is -0.423 e. The van der Waals surface area contributed by atoms with E-state index in [1.807, 2.05) is 31.2 Å². The van der Waals surface area contributed by atoms with Crippen molar-refractivity contribution < 1.29 is 14.8 Å². The monoisotopic (exact) mass is 380 g/mol. The third-order valence-corrected chi connectivity index (χ3v) is 5.52. The van der Waals surface area contributed by atoms with Crippen molar-refractivity contribution in [2.24, 2.45) is 0 Å². The molecule has 0 saturated heterocycles. The van der Waals surface area contributed by atoms with Crippen LogP contribution >= 0.6 is 23.2 Å². The lowest BCUT2D eigenvalue weighted by Gasteiger charge is -2.38. The van der Waals surface area contributed by atoms with Crippen molar-refractivity contribution in [3.63, 3.8) is 0 Å². The molecule has 2 rings (SSSR count). The van der Waals surface area contributed by atoms with Crippen LogP contribution in [-0.2, 0) is 4.65 Å². The molecule has 0 aliphatic carbocycles. The van der Waals surface area contributed by atoms with Crippen molar-refractivity contribution in [1.29, 1.82) is 0 Å². The van der Waals surface area contributed by atoms with E-state index in [2.05, 4.69) is 0 Å². The Balaban J connectivity index is 2.45. The highest BCUT2D eigenvalue weighted by Gasteiger charge is 2.40. The second-order valence-corrected chi connectivity index (χ2v) is 8.00. The summed E-state index contributed by atoms with van der Waals surface area (Å²) in [7, 11) is -1.20. The summed E-state index contributed by atoms with van der Waals surface area (Å²) in [4.78, 5) is 0. The van der Waals surface area contributed by atoms with Crippen LogP contribution in [0.5, 0.6) is 0 Å². The van der Waals surface area contributed by atoms with Crippen molar-refractivity contribution in [3.8, 4) is 11.1 Å². The standard InChI is InChI=1S/C19H23BCl2O3/c1-12-10-13(11-16(21)17(12)22)14-8-6-7-9-15(14)20(24)25-19(4,5)18(2,3)23/h6-11,23-24H,1-5H3. The van der Waals surface area contributed by atoms with Gasteiger partial charge in [0.2, 0.25) is 0 Å². The van der Waals surface area contributed by atoms with Crippen LogP contribution in [0.4, 0.5) is 0 Å². The van der Waals surface area contributed by atoms with Gasteiger partial charge in [-0.3, -0.25) is 0 Å². The SMILES string of the molecule is Cc1cc(-c2ccccc2B(O)OC(C)(C)C(C)(C)O)cc(Cl)c1Cl. The van der Waals surface area contributed by atoms with E-state index in [4.69, 9.17) is 27.9 Å². The Morgan fingerprint density at radius 3 is 2.20 bits per heavy atom. The summed E-state index contributed by atoms with van der Waals surface area (Å²) in [6.07, 6.45) is 0. The summed E-state index contributed by atoms with van der Waals surface area (Å²) in [5.74, 6) is 0. The Kier molecular flexibility index (Phi) is 5.92. The molecule has 25 heavy (non-hydrogen) atoms. The molecular formula is C19H23BCl2O3. The van der Waals surface area contributed by atoms with E-state index >= 15 is 0 Å². The van der Waals surface area contributed by atoms with Gasteiger partial charge in [-0.25, -0.2) is 0 Å². The normalized spacial score (nSPS) is 12.4. The second kappa shape index (κ2) is 7.30. The fourth-order valence-corrected chi connectivity index (χ4v) is 2.72. The van der Waals surface area contributed by atoms with Gasteiger partial charge in [0.25, 0.3) is 0 Å². The Bertz CT molecular complexity index is 746. The lowest BCUT2D eigenvalue weighted by Crippen LogP contribution is -2.53. The minimum absolute atomic E-state index is 0.457. The number of benzene rings is 2. The molecule has 3 nitrogen and oxygen atoms in total. The Hall–Kier alpha value is -1.04. The summed E-state index contributed by atoms with van der Waals surface area (Å²) in [5.41, 5.74) is 1.01. The van der Waals surface area contributed by atoms with Crippen LogP contribution in [0.1, 0.15) is 33.3 Å². The number of hydrogen-bond acceptors (Lipinski definition) is 3. The molecule has 134 valence electrons. The molecule has 0 fully saturated rings. The van der Waals surface area contributed by atoms with Crippen LogP contribution in [0.25, 0.3) is 11.1 Å². The third kappa shape index (κ3) is 4.39. The van der Waals surface area contributed by atoms with E-state index in [0.29, 0.717) is 15.5 Å². The largest absolute Gasteiger partial charge is 0.492 e. The highest BCUT2D eigenvalue weighted by molar-refractivity contribution is 6.62. The van der Waals surface area contributed by atoms with Crippen molar-refractivity contribution in [3.05, 3.63) is 52.0 Å². The van der Waals surface area contributed by atoms with Gasteiger partial charge in [0.1, 0.15) is 0 Å². The first-order valence-corrected chi connectivity index (χ1v) is 8.83. The van der Waals surface area contributed by atoms with E-state index in [9.17, 15) is 10.1 Å². The maximum atomic E-state index is 10.7. The fraction of sp³-hybridized carbons (Fsp3) is 0.368. The van der Waals surface area contributed by atoms with Crippen LogP contribution in [0.15, 0.2) is 36.4 Å². The molecular weight excluding hydrogens is 358 g/mol. The molecule has 0 amide bonds. The van der Waals surface area contributed by atoms with Crippen molar-refractivity contribution in [2.45, 2.75) is 45.8 Å². The highest BCUT2D eigenvalue weighted by Crippen LogP contribution is 2.32. The van der Waals surface area contributed by atoms with Gasteiger partial charge in [-0.05, 0) is 68.9 Å². The molecule has 0 bridgehead atoms. The topological polar surface area (TPSA) is 49.7 Å². The summed E-state index contributed by atoms with van der Waals surface area (Å²) in [6, 6.07) is 11.1. The van der Waals surface area contributed by atoms with Crippen LogP contribution < -0.4 is 5.46 Å². The molecule has 6 heteroatoms. The maximum absolute atomic E-state index is 10.7. The molecule has 0 spiro atoms. The Morgan fingerprint density at radius 1 is 1.04 bits per heavy atom. The number of aliphatic hydroxyl groups is 1. The van der Waals surface area contributed by atoms with Gasteiger partial charge in [-0.15, -0.1) is 0 Å². The zero-order valence-corrected chi connectivity index (χ0v) is 16.6. The fourth-order valence-electron chi connectivity index (χ4n) is 2.34. The van der Waals surface area contributed by atoms with Gasteiger partial charge in [-0.2, -0.15) is 0 Å². The number of halogens is 2. The molecule has 0 heterocycles. The van der Waals surface area contributed by atoms with E-state index in [0.717, 1.165) is 16.7 Å². The van der Waals surface area contributed by atoms with E-state index in [-0.39, 0.29) is 0 Å². The molecule has 2 N–H and O–H groups in total. The van der Waals surface area contributed by atoms with E-state index in [1.165, 1.54) is 0 Å². The van der Waals surface area contributed by atoms with Gasteiger partial charge in [0.15, 0.2) is 0 Å². The number of rotatable bonds is 5. The molecule has 0 aliphatic rings. The molecule has 0 atom stereocenters. The molecule has 2 aromatic rings. The number of aryl methyl sites for hydroxylation is 1. The van der Waals surface area contributed by atoms with Crippen molar-refractivity contribution >= 4 is 35.8 Å². The van der Waals surface area contributed by atoms with Crippen LogP contribution in [0.2, 0.25) is 10.0 Å². The van der Waals surface area contributed by atoms with Crippen molar-refractivity contribution in [2.75, 3.05) is 0 Å². The maximum Gasteiger partial charge on any atom is 0.492 e. The summed E-state index contributed by atoms with van der Waals surface area (Å²) in [5, 5.41) is 21.9. The lowest BCUT2D eigenvalue weighted by atomic mass is 9.73. The van der Waals surface area contributed by atoms with Crippen LogP contribution in [0.3, 0.4) is 0 Å². The predicted molar refractivity (Wildman–Crippen MR) is 106 cm³/mol. The number of hydrogen-bond donors (Lipinski definition) is 2. The Labute approximate surface area is 159 Å². The molecule has 0 aliphatic heterocycles. The first-order chi connectivity index (χ1) is 11.4. The highest BCUT2D eigenvalue weighted by atomic mass is 35.5. The van der Waals surface area contributed by atoms with Crippen LogP contribution in [-0.4, -0.2) is 28.5 Å². The van der Waals surface area contributed by atoms with Gasteiger partial charge < -0.3 is 14.8 Å². The summed E-state index contributed by atoms with van der Waals surface area (Å²) >= 11 is 12.4. The lowest BCUT2D eigenvalue weighted by molar-refractivity contribution is -0.0982.